The van der Waals surface area contributed by atoms with Crippen LogP contribution < -0.4 is 0 Å². The Morgan fingerprint density at radius 1 is 1.12 bits per heavy atom. The molecule has 2 aliphatic rings. The van der Waals surface area contributed by atoms with Crippen LogP contribution in [0.25, 0.3) is 0 Å². The van der Waals surface area contributed by atoms with Gasteiger partial charge in [-0.3, -0.25) is 9.69 Å². The van der Waals surface area contributed by atoms with Crippen molar-refractivity contribution in [1.82, 2.24) is 4.90 Å². The lowest BCUT2D eigenvalue weighted by Crippen LogP contribution is -2.36. The van der Waals surface area contributed by atoms with Crippen LogP contribution in [0.5, 0.6) is 0 Å². The van der Waals surface area contributed by atoms with Crippen LogP contribution in [0.4, 0.5) is 0 Å². The summed E-state index contributed by atoms with van der Waals surface area (Å²) in [5, 5.41) is 9.46. The molecule has 33 heavy (non-hydrogen) atoms. The van der Waals surface area contributed by atoms with Gasteiger partial charge in [0, 0.05) is 24.6 Å². The van der Waals surface area contributed by atoms with Crippen molar-refractivity contribution in [3.63, 3.8) is 0 Å². The third-order valence-corrected chi connectivity index (χ3v) is 7.86. The molecule has 1 N–H and O–H groups in total. The Labute approximate surface area is 200 Å². The Hall–Kier alpha value is -2.57. The summed E-state index contributed by atoms with van der Waals surface area (Å²) >= 11 is 0. The van der Waals surface area contributed by atoms with E-state index >= 15 is 0 Å². The molecule has 1 saturated carbocycles. The summed E-state index contributed by atoms with van der Waals surface area (Å²) in [5.74, 6) is 5.89. The van der Waals surface area contributed by atoms with Crippen molar-refractivity contribution in [3.8, 4) is 11.8 Å². The van der Waals surface area contributed by atoms with E-state index in [2.05, 4.69) is 56.7 Å². The monoisotopic (exact) mass is 445 g/mol. The molecular weight excluding hydrogens is 406 g/mol. The number of nitrogens with zero attached hydrogens (tertiary/aromatic N) is 1. The van der Waals surface area contributed by atoms with E-state index in [4.69, 9.17) is 0 Å². The van der Waals surface area contributed by atoms with Crippen LogP contribution in [0.15, 0.2) is 36.4 Å². The van der Waals surface area contributed by atoms with E-state index in [0.29, 0.717) is 6.04 Å². The summed E-state index contributed by atoms with van der Waals surface area (Å²) < 4.78 is 0. The van der Waals surface area contributed by atoms with Gasteiger partial charge in [0.05, 0.1) is 5.41 Å². The van der Waals surface area contributed by atoms with Crippen molar-refractivity contribution < 1.29 is 11.3 Å². The van der Waals surface area contributed by atoms with E-state index in [1.807, 2.05) is 24.3 Å². The first-order valence-corrected chi connectivity index (χ1v) is 12.3. The Kier molecular flexibility index (Phi) is 6.18. The molecule has 0 heterocycles. The fourth-order valence-electron chi connectivity index (χ4n) is 5.19. The van der Waals surface area contributed by atoms with Gasteiger partial charge in [-0.1, -0.05) is 44.7 Å². The van der Waals surface area contributed by atoms with Crippen molar-refractivity contribution >= 4 is 5.97 Å². The van der Waals surface area contributed by atoms with E-state index in [0.717, 1.165) is 29.2 Å². The molecule has 2 aromatic rings. The Balaban J connectivity index is 0.00000324. The average molecular weight is 446 g/mol. The summed E-state index contributed by atoms with van der Waals surface area (Å²) in [4.78, 5) is 14.1. The number of benzene rings is 2. The zero-order valence-electron chi connectivity index (χ0n) is 21.0. The number of carboxylic acids is 1. The molecule has 3 nitrogen and oxygen atoms in total. The summed E-state index contributed by atoms with van der Waals surface area (Å²) in [7, 11) is 2.31. The second-order valence-corrected chi connectivity index (χ2v) is 11.0. The fourth-order valence-corrected chi connectivity index (χ4v) is 5.19. The van der Waals surface area contributed by atoms with Crippen molar-refractivity contribution in [1.29, 1.82) is 0 Å². The zero-order valence-corrected chi connectivity index (χ0v) is 21.0. The molecule has 0 radical (unpaired) electrons. The average Bonchev–Trinajstić information content (AvgIpc) is 3.63. The van der Waals surface area contributed by atoms with Crippen LogP contribution in [0.3, 0.4) is 0 Å². The molecule has 176 valence electrons. The number of aliphatic carboxylic acids is 1. The van der Waals surface area contributed by atoms with Gasteiger partial charge in [-0.15, -0.1) is 0 Å². The molecule has 1 atom stereocenters. The topological polar surface area (TPSA) is 40.5 Å². The summed E-state index contributed by atoms with van der Waals surface area (Å²) in [6, 6.07) is 13.5. The van der Waals surface area contributed by atoms with Crippen molar-refractivity contribution in [2.75, 3.05) is 7.05 Å². The minimum atomic E-state index is -0.907. The largest absolute Gasteiger partial charge is 0.481 e. The van der Waals surface area contributed by atoms with Gasteiger partial charge in [0.1, 0.15) is 0 Å². The second-order valence-electron chi connectivity index (χ2n) is 11.0. The van der Waals surface area contributed by atoms with Crippen molar-refractivity contribution in [2.45, 2.75) is 89.6 Å². The minimum absolute atomic E-state index is 0. The second kappa shape index (κ2) is 8.65. The predicted molar refractivity (Wildman–Crippen MR) is 137 cm³/mol. The molecule has 1 unspecified atom stereocenters. The van der Waals surface area contributed by atoms with E-state index in [1.165, 1.54) is 36.8 Å². The highest BCUT2D eigenvalue weighted by Gasteiger charge is 2.39. The first-order chi connectivity index (χ1) is 15.5. The van der Waals surface area contributed by atoms with Gasteiger partial charge in [0.15, 0.2) is 0 Å². The fraction of sp³-hybridized carbons (Fsp3) is 0.500. The summed E-state index contributed by atoms with van der Waals surface area (Å²) in [6.07, 6.45) is 6.10. The number of aryl methyl sites for hydroxylation is 1. The molecule has 4 rings (SSSR count). The van der Waals surface area contributed by atoms with E-state index in [9.17, 15) is 9.90 Å². The number of rotatable bonds is 5. The molecular formula is C30H39NO2. The molecule has 3 heteroatoms. The maximum absolute atomic E-state index is 11.5. The van der Waals surface area contributed by atoms with E-state index in [-0.39, 0.29) is 6.84 Å². The van der Waals surface area contributed by atoms with Gasteiger partial charge < -0.3 is 5.11 Å². The molecule has 0 amide bonds. The smallest absolute Gasteiger partial charge is 0.313 e. The molecule has 2 aliphatic carbocycles. The molecule has 2 aromatic carbocycles. The molecule has 0 bridgehead atoms. The first-order valence-electron chi connectivity index (χ1n) is 12.3. The molecule has 0 spiro atoms. The van der Waals surface area contributed by atoms with Crippen LogP contribution in [0.1, 0.15) is 101 Å². The normalized spacial score (nSPS) is 19.5. The lowest BCUT2D eigenvalue weighted by molar-refractivity contribution is -0.142. The van der Waals surface area contributed by atoms with Crippen LogP contribution >= 0.6 is 0 Å². The minimum Gasteiger partial charge on any atom is -0.481 e. The number of hydrogen-bond donors (Lipinski definition) is 1. The quantitative estimate of drug-likeness (QED) is 0.537. The maximum Gasteiger partial charge on any atom is 0.313 e. The van der Waals surface area contributed by atoms with Crippen LogP contribution in [0.2, 0.25) is 0 Å². The van der Waals surface area contributed by atoms with Gasteiger partial charge in [0.25, 0.3) is 0 Å². The highest BCUT2D eigenvalue weighted by Crippen LogP contribution is 2.47. The molecule has 1 fully saturated rings. The first kappa shape index (κ1) is 23.6. The number of hydrogen-bond acceptors (Lipinski definition) is 2. The standard InChI is InChI=1S/C30H37NO2.H2/c1-7-22-18-21(9-8-20-10-12-23(13-11-20)30(4,5)28(32)33)19-25-27(22)26(16-17-29(25,2)3)31(6)24-14-15-24;/h10-13,18-19,24,26H,7,14-17H2,1-6H3,(H,32,33);1H. The highest BCUT2D eigenvalue weighted by atomic mass is 16.4. The Morgan fingerprint density at radius 3 is 2.33 bits per heavy atom. The van der Waals surface area contributed by atoms with Crippen molar-refractivity contribution in [2.24, 2.45) is 0 Å². The predicted octanol–water partition coefficient (Wildman–Crippen LogP) is 6.46. The molecule has 0 aliphatic heterocycles. The van der Waals surface area contributed by atoms with Gasteiger partial charge in [-0.25, -0.2) is 0 Å². The zero-order chi connectivity index (χ0) is 24.0. The van der Waals surface area contributed by atoms with Crippen LogP contribution in [-0.4, -0.2) is 29.1 Å². The highest BCUT2D eigenvalue weighted by molar-refractivity contribution is 5.80. The lowest BCUT2D eigenvalue weighted by Gasteiger charge is -2.42. The third-order valence-electron chi connectivity index (χ3n) is 7.86. The summed E-state index contributed by atoms with van der Waals surface area (Å²) in [5.41, 5.74) is 6.46. The van der Waals surface area contributed by atoms with E-state index in [1.54, 1.807) is 19.4 Å². The van der Waals surface area contributed by atoms with Crippen LogP contribution in [-0.2, 0) is 22.0 Å². The van der Waals surface area contributed by atoms with Gasteiger partial charge in [-0.2, -0.15) is 0 Å². The number of fused-ring (bicyclic) bond motifs is 1. The van der Waals surface area contributed by atoms with Crippen LogP contribution in [0, 0.1) is 11.8 Å². The number of carbonyl (C=O) groups is 1. The maximum atomic E-state index is 11.5. The Morgan fingerprint density at radius 2 is 1.76 bits per heavy atom. The van der Waals surface area contributed by atoms with Crippen molar-refractivity contribution in [3.05, 3.63) is 69.8 Å². The van der Waals surface area contributed by atoms with E-state index < -0.39 is 11.4 Å². The molecule has 0 saturated heterocycles. The third kappa shape index (κ3) is 4.59. The summed E-state index contributed by atoms with van der Waals surface area (Å²) in [6.45, 7) is 10.5. The SMILES string of the molecule is CCc1cc(C#Cc2ccc(C(C)(C)C(=O)O)cc2)cc2c1C(N(C)C1CC1)CCC2(C)C.[HH]. The molecule has 0 aromatic heterocycles. The Bertz CT molecular complexity index is 1120. The van der Waals surface area contributed by atoms with Gasteiger partial charge in [0.2, 0.25) is 0 Å². The lowest BCUT2D eigenvalue weighted by atomic mass is 9.68. The van der Waals surface area contributed by atoms with Gasteiger partial charge >= 0.3 is 5.97 Å². The number of carboxylic acid groups (broad SMARTS) is 1. The van der Waals surface area contributed by atoms with Gasteiger partial charge in [-0.05, 0) is 105 Å².